The van der Waals surface area contributed by atoms with Crippen LogP contribution in [0.4, 0.5) is 0 Å². The van der Waals surface area contributed by atoms with Gasteiger partial charge in [-0.15, -0.1) is 0 Å². The quantitative estimate of drug-likeness (QED) is 0.799. The summed E-state index contributed by atoms with van der Waals surface area (Å²) < 4.78 is 0. The summed E-state index contributed by atoms with van der Waals surface area (Å²) in [4.78, 5) is 15.4. The molecule has 0 aliphatic carbocycles. The Bertz CT molecular complexity index is 544. The minimum absolute atomic E-state index is 0.0676. The Kier molecular flexibility index (Phi) is 3.53. The van der Waals surface area contributed by atoms with Crippen molar-refractivity contribution < 1.29 is 4.79 Å². The number of Topliss-reactive ketones (excluding diaryl/α,β-unsaturated/α-hetero) is 1. The standard InChI is InChI=1S/C14H16ClNO/c1-3-4-9(2)14(17)12-8-16-13-6-5-10(15)7-11(12)13/h5-9,16H,3-4H2,1-2H3. The number of benzene rings is 1. The van der Waals surface area contributed by atoms with E-state index in [0.29, 0.717) is 5.02 Å². The Balaban J connectivity index is 2.41. The number of halogens is 1. The first-order valence-electron chi connectivity index (χ1n) is 5.94. The summed E-state index contributed by atoms with van der Waals surface area (Å²) >= 11 is 5.97. The summed E-state index contributed by atoms with van der Waals surface area (Å²) in [7, 11) is 0. The largest absolute Gasteiger partial charge is 0.360 e. The molecule has 0 saturated carbocycles. The van der Waals surface area contributed by atoms with Crippen molar-refractivity contribution in [2.45, 2.75) is 26.7 Å². The summed E-state index contributed by atoms with van der Waals surface area (Å²) in [5.41, 5.74) is 1.71. The van der Waals surface area contributed by atoms with Crippen molar-refractivity contribution in [3.63, 3.8) is 0 Å². The number of ketones is 1. The smallest absolute Gasteiger partial charge is 0.167 e. The molecule has 1 aromatic carbocycles. The van der Waals surface area contributed by atoms with Crippen LogP contribution in [-0.2, 0) is 0 Å². The molecule has 0 bridgehead atoms. The SMILES string of the molecule is CCCC(C)C(=O)c1c[nH]c2ccc(Cl)cc12. The van der Waals surface area contributed by atoms with Crippen LogP contribution >= 0.6 is 11.6 Å². The van der Waals surface area contributed by atoms with Crippen molar-refractivity contribution in [1.29, 1.82) is 0 Å². The first kappa shape index (κ1) is 12.2. The van der Waals surface area contributed by atoms with E-state index < -0.39 is 0 Å². The fourth-order valence-corrected chi connectivity index (χ4v) is 2.30. The Hall–Kier alpha value is -1.28. The minimum atomic E-state index is 0.0676. The Morgan fingerprint density at radius 3 is 2.94 bits per heavy atom. The van der Waals surface area contributed by atoms with E-state index in [9.17, 15) is 4.79 Å². The Labute approximate surface area is 106 Å². The topological polar surface area (TPSA) is 32.9 Å². The molecule has 17 heavy (non-hydrogen) atoms. The van der Waals surface area contributed by atoms with Crippen LogP contribution in [0.25, 0.3) is 10.9 Å². The Morgan fingerprint density at radius 2 is 2.24 bits per heavy atom. The molecular weight excluding hydrogens is 234 g/mol. The summed E-state index contributed by atoms with van der Waals surface area (Å²) in [5.74, 6) is 0.262. The number of carbonyl (C=O) groups is 1. The van der Waals surface area contributed by atoms with Gasteiger partial charge in [-0.25, -0.2) is 0 Å². The molecule has 0 aliphatic rings. The van der Waals surface area contributed by atoms with Gasteiger partial charge in [0.15, 0.2) is 5.78 Å². The third-order valence-electron chi connectivity index (χ3n) is 3.08. The zero-order valence-electron chi connectivity index (χ0n) is 10.1. The van der Waals surface area contributed by atoms with Crippen molar-refractivity contribution in [2.75, 3.05) is 0 Å². The van der Waals surface area contributed by atoms with Gasteiger partial charge in [0, 0.05) is 33.6 Å². The molecule has 1 aromatic heterocycles. The molecule has 1 heterocycles. The first-order chi connectivity index (χ1) is 8.13. The fraction of sp³-hybridized carbons (Fsp3) is 0.357. The number of hydrogen-bond donors (Lipinski definition) is 1. The van der Waals surface area contributed by atoms with Crippen molar-refractivity contribution >= 4 is 28.3 Å². The number of nitrogens with one attached hydrogen (secondary N) is 1. The molecule has 0 saturated heterocycles. The van der Waals surface area contributed by atoms with Crippen molar-refractivity contribution in [1.82, 2.24) is 4.98 Å². The predicted octanol–water partition coefficient (Wildman–Crippen LogP) is 4.44. The second-order valence-electron chi connectivity index (χ2n) is 4.45. The normalized spacial score (nSPS) is 12.9. The average Bonchev–Trinajstić information content (AvgIpc) is 2.71. The molecule has 1 N–H and O–H groups in total. The molecule has 0 spiro atoms. The lowest BCUT2D eigenvalue weighted by molar-refractivity contribution is 0.0925. The van der Waals surface area contributed by atoms with Gasteiger partial charge in [0.2, 0.25) is 0 Å². The molecule has 0 radical (unpaired) electrons. The van der Waals surface area contributed by atoms with E-state index in [1.807, 2.05) is 25.1 Å². The van der Waals surface area contributed by atoms with Crippen molar-refractivity contribution in [3.8, 4) is 0 Å². The number of H-pyrrole nitrogens is 1. The van der Waals surface area contributed by atoms with Gasteiger partial charge in [-0.3, -0.25) is 4.79 Å². The molecule has 1 unspecified atom stereocenters. The number of carbonyl (C=O) groups excluding carboxylic acids is 1. The Morgan fingerprint density at radius 1 is 1.47 bits per heavy atom. The van der Waals surface area contributed by atoms with Gasteiger partial charge in [-0.05, 0) is 24.6 Å². The summed E-state index contributed by atoms with van der Waals surface area (Å²) in [6, 6.07) is 5.57. The summed E-state index contributed by atoms with van der Waals surface area (Å²) in [6.45, 7) is 4.07. The zero-order valence-corrected chi connectivity index (χ0v) is 10.8. The van der Waals surface area contributed by atoms with Crippen LogP contribution in [0.1, 0.15) is 37.0 Å². The van der Waals surface area contributed by atoms with Crippen LogP contribution in [0.15, 0.2) is 24.4 Å². The van der Waals surface area contributed by atoms with Gasteiger partial charge in [0.25, 0.3) is 0 Å². The minimum Gasteiger partial charge on any atom is -0.360 e. The zero-order chi connectivity index (χ0) is 12.4. The lowest BCUT2D eigenvalue weighted by Crippen LogP contribution is -2.10. The molecular formula is C14H16ClNO. The number of aromatic amines is 1. The molecule has 2 rings (SSSR count). The molecule has 2 aromatic rings. The summed E-state index contributed by atoms with van der Waals surface area (Å²) in [5, 5.41) is 1.58. The van der Waals surface area contributed by atoms with Gasteiger partial charge >= 0.3 is 0 Å². The number of aromatic nitrogens is 1. The predicted molar refractivity (Wildman–Crippen MR) is 71.7 cm³/mol. The van der Waals surface area contributed by atoms with E-state index in [-0.39, 0.29) is 11.7 Å². The van der Waals surface area contributed by atoms with Crippen molar-refractivity contribution in [3.05, 3.63) is 35.0 Å². The molecule has 0 amide bonds. The fourth-order valence-electron chi connectivity index (χ4n) is 2.13. The van der Waals surface area contributed by atoms with E-state index in [4.69, 9.17) is 11.6 Å². The van der Waals surface area contributed by atoms with E-state index in [0.717, 1.165) is 29.3 Å². The third kappa shape index (κ3) is 2.37. The molecule has 90 valence electrons. The first-order valence-corrected chi connectivity index (χ1v) is 6.32. The van der Waals surface area contributed by atoms with Crippen LogP contribution in [0.2, 0.25) is 5.02 Å². The highest BCUT2D eigenvalue weighted by molar-refractivity contribution is 6.31. The van der Waals surface area contributed by atoms with Gasteiger partial charge < -0.3 is 4.98 Å². The van der Waals surface area contributed by atoms with Gasteiger partial charge in [-0.1, -0.05) is 31.9 Å². The number of hydrogen-bond acceptors (Lipinski definition) is 1. The van der Waals surface area contributed by atoms with Crippen LogP contribution in [-0.4, -0.2) is 10.8 Å². The molecule has 1 atom stereocenters. The highest BCUT2D eigenvalue weighted by Gasteiger charge is 2.17. The van der Waals surface area contributed by atoms with Crippen LogP contribution < -0.4 is 0 Å². The van der Waals surface area contributed by atoms with Crippen LogP contribution in [0, 0.1) is 5.92 Å². The maximum atomic E-state index is 12.3. The lowest BCUT2D eigenvalue weighted by Gasteiger charge is -2.07. The molecule has 3 heteroatoms. The van der Waals surface area contributed by atoms with Crippen LogP contribution in [0.3, 0.4) is 0 Å². The van der Waals surface area contributed by atoms with E-state index >= 15 is 0 Å². The second kappa shape index (κ2) is 4.92. The van der Waals surface area contributed by atoms with Gasteiger partial charge in [0.05, 0.1) is 0 Å². The third-order valence-corrected chi connectivity index (χ3v) is 3.31. The van der Waals surface area contributed by atoms with Crippen LogP contribution in [0.5, 0.6) is 0 Å². The molecule has 2 nitrogen and oxygen atoms in total. The monoisotopic (exact) mass is 249 g/mol. The van der Waals surface area contributed by atoms with E-state index in [2.05, 4.69) is 11.9 Å². The number of rotatable bonds is 4. The van der Waals surface area contributed by atoms with Gasteiger partial charge in [-0.2, -0.15) is 0 Å². The highest BCUT2D eigenvalue weighted by Crippen LogP contribution is 2.25. The average molecular weight is 250 g/mol. The van der Waals surface area contributed by atoms with Gasteiger partial charge in [0.1, 0.15) is 0 Å². The van der Waals surface area contributed by atoms with Crippen molar-refractivity contribution in [2.24, 2.45) is 5.92 Å². The molecule has 0 fully saturated rings. The van der Waals surface area contributed by atoms with E-state index in [1.165, 1.54) is 0 Å². The summed E-state index contributed by atoms with van der Waals surface area (Å²) in [6.07, 6.45) is 3.73. The van der Waals surface area contributed by atoms with E-state index in [1.54, 1.807) is 6.20 Å². The number of fused-ring (bicyclic) bond motifs is 1. The lowest BCUT2D eigenvalue weighted by atomic mass is 9.95. The maximum Gasteiger partial charge on any atom is 0.167 e. The highest BCUT2D eigenvalue weighted by atomic mass is 35.5. The molecule has 0 aliphatic heterocycles. The second-order valence-corrected chi connectivity index (χ2v) is 4.88. The maximum absolute atomic E-state index is 12.3.